The van der Waals surface area contributed by atoms with Gasteiger partial charge in [0.05, 0.1) is 17.2 Å². The number of hydrogen-bond donors (Lipinski definition) is 2. The number of cyclic esters (lactones) is 1. The fourth-order valence-corrected chi connectivity index (χ4v) is 4.70. The zero-order valence-corrected chi connectivity index (χ0v) is 19.6. The van der Waals surface area contributed by atoms with Crippen molar-refractivity contribution in [3.8, 4) is 11.3 Å². The van der Waals surface area contributed by atoms with Gasteiger partial charge in [0.1, 0.15) is 5.60 Å². The second kappa shape index (κ2) is 9.06. The van der Waals surface area contributed by atoms with Crippen LogP contribution in [0.15, 0.2) is 72.9 Å². The molecule has 0 spiro atoms. The summed E-state index contributed by atoms with van der Waals surface area (Å²) < 4.78 is 20.1. The summed E-state index contributed by atoms with van der Waals surface area (Å²) in [7, 11) is 0. The second-order valence-corrected chi connectivity index (χ2v) is 9.54. The van der Waals surface area contributed by atoms with Crippen molar-refractivity contribution < 1.29 is 29.0 Å². The van der Waals surface area contributed by atoms with Crippen LogP contribution in [-0.2, 0) is 10.3 Å². The lowest BCUT2D eigenvalue weighted by Crippen LogP contribution is -2.51. The van der Waals surface area contributed by atoms with Gasteiger partial charge in [0.25, 0.3) is 11.9 Å². The van der Waals surface area contributed by atoms with Crippen molar-refractivity contribution in [1.82, 2.24) is 4.90 Å². The van der Waals surface area contributed by atoms with Crippen LogP contribution in [0, 0.1) is 5.82 Å². The van der Waals surface area contributed by atoms with Gasteiger partial charge in [-0.15, -0.1) is 0 Å². The summed E-state index contributed by atoms with van der Waals surface area (Å²) in [4.78, 5) is 14.9. The minimum atomic E-state index is -1.01. The van der Waals surface area contributed by atoms with Crippen molar-refractivity contribution >= 4 is 6.09 Å². The molecular formula is C27H30FN2O4+. The maximum absolute atomic E-state index is 13.3. The predicted molar refractivity (Wildman–Crippen MR) is 124 cm³/mol. The molecule has 1 saturated heterocycles. The van der Waals surface area contributed by atoms with E-state index >= 15 is 0 Å². The highest BCUT2D eigenvalue weighted by atomic mass is 19.1. The summed E-state index contributed by atoms with van der Waals surface area (Å²) in [6, 6.07) is 19.5. The largest absolute Gasteiger partial charge is 0.438 e. The number of amides is 1. The quantitative estimate of drug-likeness (QED) is 0.398. The maximum Gasteiger partial charge on any atom is 0.411 e. The molecule has 2 heterocycles. The Kier molecular flexibility index (Phi) is 6.32. The van der Waals surface area contributed by atoms with Crippen LogP contribution >= 0.6 is 0 Å². The van der Waals surface area contributed by atoms with Gasteiger partial charge in [0.15, 0.2) is 5.82 Å². The number of ether oxygens (including phenoxy) is 1. The van der Waals surface area contributed by atoms with Crippen LogP contribution in [0.4, 0.5) is 9.18 Å². The second-order valence-electron chi connectivity index (χ2n) is 9.54. The zero-order valence-electron chi connectivity index (χ0n) is 19.6. The molecule has 6 nitrogen and oxygen atoms in total. The smallest absolute Gasteiger partial charge is 0.411 e. The Morgan fingerprint density at radius 2 is 1.79 bits per heavy atom. The van der Waals surface area contributed by atoms with E-state index in [4.69, 9.17) is 4.74 Å². The van der Waals surface area contributed by atoms with Crippen molar-refractivity contribution in [1.29, 1.82) is 0 Å². The van der Waals surface area contributed by atoms with Crippen molar-refractivity contribution in [2.24, 2.45) is 0 Å². The van der Waals surface area contributed by atoms with Crippen LogP contribution in [0.3, 0.4) is 0 Å². The van der Waals surface area contributed by atoms with Crippen LogP contribution in [-0.4, -0.2) is 33.5 Å². The molecule has 0 unspecified atom stereocenters. The molecule has 1 aliphatic heterocycles. The summed E-state index contributed by atoms with van der Waals surface area (Å²) in [5.74, 6) is -0.531. The highest BCUT2D eigenvalue weighted by Gasteiger charge is 2.46. The molecule has 2 atom stereocenters. The highest BCUT2D eigenvalue weighted by Crippen LogP contribution is 2.42. The third-order valence-electron chi connectivity index (χ3n) is 6.34. The molecule has 4 rings (SSSR count). The van der Waals surface area contributed by atoms with E-state index in [0.29, 0.717) is 30.6 Å². The van der Waals surface area contributed by atoms with Gasteiger partial charge in [0, 0.05) is 30.2 Å². The Hall–Kier alpha value is -3.45. The molecule has 0 bridgehead atoms. The first-order chi connectivity index (χ1) is 16.1. The molecule has 1 aromatic heterocycles. The average Bonchev–Trinajstić information content (AvgIpc) is 2.78. The molecule has 178 valence electrons. The molecule has 1 fully saturated rings. The van der Waals surface area contributed by atoms with Crippen LogP contribution in [0.1, 0.15) is 50.8 Å². The number of halogens is 1. The Bertz CT molecular complexity index is 1160. The predicted octanol–water partition coefficient (Wildman–Crippen LogP) is 4.98. The summed E-state index contributed by atoms with van der Waals surface area (Å²) in [5.41, 5.74) is 1.04. The SMILES string of the molecule is C[C@@H](c1ccc(-c2ccc(F)c[n+]2O)cc1)N1CC[C@](CC(C)(C)O)(c2ccccc2)OC1=O. The Morgan fingerprint density at radius 1 is 1.12 bits per heavy atom. The fourth-order valence-electron chi connectivity index (χ4n) is 4.70. The Balaban J connectivity index is 1.54. The van der Waals surface area contributed by atoms with Gasteiger partial charge < -0.3 is 14.7 Å². The first-order valence-corrected chi connectivity index (χ1v) is 11.4. The number of aliphatic hydroxyl groups is 1. The van der Waals surface area contributed by atoms with E-state index in [1.54, 1.807) is 18.7 Å². The summed E-state index contributed by atoms with van der Waals surface area (Å²) in [5, 5.41) is 20.5. The first kappa shape index (κ1) is 23.7. The average molecular weight is 466 g/mol. The normalized spacial score (nSPS) is 19.6. The van der Waals surface area contributed by atoms with E-state index in [-0.39, 0.29) is 6.04 Å². The molecule has 3 aromatic rings. The van der Waals surface area contributed by atoms with Gasteiger partial charge in [-0.25, -0.2) is 9.18 Å². The number of aromatic nitrogens is 1. The van der Waals surface area contributed by atoms with Gasteiger partial charge in [-0.2, -0.15) is 0 Å². The molecule has 1 aliphatic rings. The molecule has 0 aliphatic carbocycles. The molecular weight excluding hydrogens is 435 g/mol. The van der Waals surface area contributed by atoms with Gasteiger partial charge >= 0.3 is 6.09 Å². The van der Waals surface area contributed by atoms with Gasteiger partial charge in [-0.3, -0.25) is 5.21 Å². The third kappa shape index (κ3) is 4.89. The molecule has 2 aromatic carbocycles. The van der Waals surface area contributed by atoms with Crippen LogP contribution in [0.5, 0.6) is 0 Å². The van der Waals surface area contributed by atoms with E-state index in [1.165, 1.54) is 12.1 Å². The monoisotopic (exact) mass is 465 g/mol. The number of nitrogens with zero attached hydrogens (tertiary/aromatic N) is 2. The number of benzene rings is 2. The van der Waals surface area contributed by atoms with Gasteiger partial charge in [0.2, 0.25) is 0 Å². The van der Waals surface area contributed by atoms with E-state index in [1.807, 2.05) is 61.5 Å². The number of carbonyl (C=O) groups excluding carboxylic acids is 1. The van der Waals surface area contributed by atoms with Crippen molar-refractivity contribution in [3.05, 3.63) is 89.9 Å². The fraction of sp³-hybridized carbons (Fsp3) is 0.333. The molecule has 0 radical (unpaired) electrons. The highest BCUT2D eigenvalue weighted by molar-refractivity contribution is 5.70. The standard InChI is InChI=1S/C27H30FN2O4/c1-19(20-9-11-21(12-10-20)24-14-13-23(28)17-30(24)33)29-16-15-27(34-25(29)31,18-26(2,3)32)22-7-5-4-6-8-22/h4-14,17,19,32-33H,15-16,18H2,1-3H3/q+1/t19-,27-/m0/s1. The summed E-state index contributed by atoms with van der Waals surface area (Å²) in [6.07, 6.45) is 1.42. The van der Waals surface area contributed by atoms with E-state index in [2.05, 4.69) is 0 Å². The van der Waals surface area contributed by atoms with Gasteiger partial charge in [-0.05, 0) is 50.1 Å². The lowest BCUT2D eigenvalue weighted by atomic mass is 9.80. The number of rotatable bonds is 6. The zero-order chi connectivity index (χ0) is 24.5. The van der Waals surface area contributed by atoms with Crippen LogP contribution in [0.2, 0.25) is 0 Å². The van der Waals surface area contributed by atoms with E-state index in [0.717, 1.165) is 22.1 Å². The first-order valence-electron chi connectivity index (χ1n) is 11.4. The minimum Gasteiger partial charge on any atom is -0.438 e. The minimum absolute atomic E-state index is 0.244. The third-order valence-corrected chi connectivity index (χ3v) is 6.34. The molecule has 0 saturated carbocycles. The maximum atomic E-state index is 13.3. The summed E-state index contributed by atoms with van der Waals surface area (Å²) in [6.45, 7) is 5.85. The lowest BCUT2D eigenvalue weighted by Gasteiger charge is -2.45. The Morgan fingerprint density at radius 3 is 2.38 bits per heavy atom. The lowest BCUT2D eigenvalue weighted by molar-refractivity contribution is -0.897. The summed E-state index contributed by atoms with van der Waals surface area (Å²) >= 11 is 0. The van der Waals surface area contributed by atoms with Crippen molar-refractivity contribution in [2.45, 2.75) is 50.9 Å². The van der Waals surface area contributed by atoms with E-state index in [9.17, 15) is 19.5 Å². The van der Waals surface area contributed by atoms with E-state index < -0.39 is 23.1 Å². The van der Waals surface area contributed by atoms with Crippen LogP contribution < -0.4 is 4.73 Å². The van der Waals surface area contributed by atoms with Crippen molar-refractivity contribution in [3.63, 3.8) is 0 Å². The number of carbonyl (C=O) groups is 1. The Labute approximate surface area is 198 Å². The molecule has 34 heavy (non-hydrogen) atoms. The topological polar surface area (TPSA) is 73.9 Å². The molecule has 2 N–H and O–H groups in total. The van der Waals surface area contributed by atoms with Crippen LogP contribution in [0.25, 0.3) is 11.3 Å². The number of hydrogen-bond acceptors (Lipinski definition) is 4. The number of pyridine rings is 1. The van der Waals surface area contributed by atoms with Gasteiger partial charge in [-0.1, -0.05) is 42.5 Å². The molecule has 7 heteroatoms. The molecule has 1 amide bonds. The van der Waals surface area contributed by atoms with Crippen molar-refractivity contribution in [2.75, 3.05) is 6.54 Å².